The molecule has 0 N–H and O–H groups in total. The zero-order chi connectivity index (χ0) is 32.0. The summed E-state index contributed by atoms with van der Waals surface area (Å²) in [5.41, 5.74) is -6.25. The maximum Gasteiger partial charge on any atom is 0.428 e. The van der Waals surface area contributed by atoms with Crippen molar-refractivity contribution in [1.29, 1.82) is 0 Å². The molecule has 0 amide bonds. The second-order valence-electron chi connectivity index (χ2n) is 11.0. The van der Waals surface area contributed by atoms with E-state index in [1.54, 1.807) is 0 Å². The highest BCUT2D eigenvalue weighted by molar-refractivity contribution is 6.92. The van der Waals surface area contributed by atoms with Gasteiger partial charge in [-0.1, -0.05) is 36.4 Å². The minimum Gasteiger partial charge on any atom is -0.430 e. The van der Waals surface area contributed by atoms with E-state index < -0.39 is 73.4 Å². The van der Waals surface area contributed by atoms with Crippen molar-refractivity contribution < 1.29 is 65.3 Å². The molecular weight excluding hydrogens is 627 g/mol. The van der Waals surface area contributed by atoms with Gasteiger partial charge in [-0.05, 0) is 57.5 Å². The Balaban J connectivity index is 4.07. The summed E-state index contributed by atoms with van der Waals surface area (Å²) in [6, 6.07) is 6.74. The average molecular weight is 657 g/mol. The summed E-state index contributed by atoms with van der Waals surface area (Å²) < 4.78 is 199. The van der Waals surface area contributed by atoms with Gasteiger partial charge < -0.3 is 8.23 Å². The fraction of sp³-hybridized carbons (Fsp3) is 0.636. The van der Waals surface area contributed by atoms with Crippen molar-refractivity contribution in [1.82, 2.24) is 0 Å². The second kappa shape index (κ2) is 11.0. The lowest BCUT2D eigenvalue weighted by molar-refractivity contribution is -0.423. The number of hydrogen-bond acceptors (Lipinski definition) is 2. The zero-order valence-corrected chi connectivity index (χ0v) is 25.3. The highest BCUT2D eigenvalue weighted by atomic mass is 28.5. The first-order valence-electron chi connectivity index (χ1n) is 11.5. The predicted molar refractivity (Wildman–Crippen MR) is 130 cm³/mol. The van der Waals surface area contributed by atoms with Crippen LogP contribution in [0.2, 0.25) is 39.3 Å². The van der Waals surface area contributed by atoms with Crippen LogP contribution in [0, 0.1) is 0 Å². The van der Waals surface area contributed by atoms with Gasteiger partial charge in [-0.3, -0.25) is 0 Å². The second-order valence-corrected chi connectivity index (χ2v) is 23.3. The van der Waals surface area contributed by atoms with Crippen LogP contribution in [0.3, 0.4) is 0 Å². The molecule has 1 aromatic carbocycles. The van der Waals surface area contributed by atoms with Gasteiger partial charge in [0.05, 0.1) is 0 Å². The minimum absolute atomic E-state index is 0.0250. The topological polar surface area (TPSA) is 18.5 Å². The maximum absolute atomic E-state index is 15.9. The molecule has 0 aliphatic rings. The van der Waals surface area contributed by atoms with Crippen molar-refractivity contribution in [2.45, 2.75) is 87.5 Å². The third-order valence-electron chi connectivity index (χ3n) is 5.14. The Morgan fingerprint density at radius 2 is 1.00 bits per heavy atom. The van der Waals surface area contributed by atoms with Gasteiger partial charge in [-0.15, -0.1) is 0 Å². The van der Waals surface area contributed by atoms with Gasteiger partial charge >= 0.3 is 43.7 Å². The van der Waals surface area contributed by atoms with Crippen LogP contribution in [0.1, 0.15) is 12.5 Å². The summed E-state index contributed by atoms with van der Waals surface area (Å²) >= 11 is 0. The SMILES string of the molecule is CC(F)C(F)(F)C(F)(F)C(F)(F)C(F)(F)C(F)(F)C(F)(F)[Si](C=Cc1ccccc1)(O[Si](C)(C)C)O[Si](C)(C)C. The Bertz CT molecular complexity index is 1020. The maximum atomic E-state index is 15.9. The first-order valence-corrected chi connectivity index (χ1v) is 20.2. The lowest BCUT2D eigenvalue weighted by Gasteiger charge is -2.47. The lowest BCUT2D eigenvalue weighted by atomic mass is 9.92. The summed E-state index contributed by atoms with van der Waals surface area (Å²) in [5.74, 6) is -37.5. The molecule has 0 spiro atoms. The van der Waals surface area contributed by atoms with Gasteiger partial charge in [0.15, 0.2) is 22.8 Å². The molecule has 1 unspecified atom stereocenters. The number of halogens is 13. The van der Waals surface area contributed by atoms with Gasteiger partial charge in [0.2, 0.25) is 0 Å². The quantitative estimate of drug-likeness (QED) is 0.156. The molecule has 1 aromatic rings. The first kappa shape index (κ1) is 36.6. The molecule has 0 aliphatic carbocycles. The van der Waals surface area contributed by atoms with E-state index in [0.29, 0.717) is 0 Å². The normalized spacial score (nSPS) is 16.5. The van der Waals surface area contributed by atoms with Crippen LogP contribution in [0.25, 0.3) is 6.08 Å². The molecular formula is C22H29F13O2Si3. The third-order valence-corrected chi connectivity index (χ3v) is 14.3. The van der Waals surface area contributed by atoms with Crippen molar-refractivity contribution in [3.8, 4) is 0 Å². The Kier molecular flexibility index (Phi) is 10.1. The molecule has 0 fully saturated rings. The molecule has 0 bridgehead atoms. The average Bonchev–Trinajstić information content (AvgIpc) is 2.75. The molecule has 18 heteroatoms. The van der Waals surface area contributed by atoms with Crippen LogP contribution < -0.4 is 0 Å². The Labute approximate surface area is 226 Å². The number of hydrogen-bond donors (Lipinski definition) is 0. The van der Waals surface area contributed by atoms with Crippen molar-refractivity contribution in [2.75, 3.05) is 0 Å². The Hall–Kier alpha value is -1.38. The fourth-order valence-corrected chi connectivity index (χ4v) is 13.9. The molecule has 0 aliphatic heterocycles. The molecule has 0 saturated carbocycles. The van der Waals surface area contributed by atoms with Crippen molar-refractivity contribution in [2.24, 2.45) is 0 Å². The predicted octanol–water partition coefficient (Wildman–Crippen LogP) is 9.09. The van der Waals surface area contributed by atoms with Crippen LogP contribution in [0.15, 0.2) is 36.0 Å². The molecule has 0 heterocycles. The molecule has 232 valence electrons. The minimum atomic E-state index is -7.89. The van der Waals surface area contributed by atoms with Crippen molar-refractivity contribution >= 4 is 31.3 Å². The molecule has 0 aromatic heterocycles. The van der Waals surface area contributed by atoms with Crippen molar-refractivity contribution in [3.63, 3.8) is 0 Å². The number of benzene rings is 1. The van der Waals surface area contributed by atoms with Crippen LogP contribution >= 0.6 is 0 Å². The van der Waals surface area contributed by atoms with E-state index in [4.69, 9.17) is 8.23 Å². The van der Waals surface area contributed by atoms with Gasteiger partial charge in [0.25, 0.3) is 0 Å². The molecule has 1 atom stereocenters. The molecule has 0 radical (unpaired) electrons. The van der Waals surface area contributed by atoms with E-state index in [1.165, 1.54) is 30.3 Å². The van der Waals surface area contributed by atoms with E-state index >= 15 is 17.6 Å². The Morgan fingerprint density at radius 3 is 1.35 bits per heavy atom. The van der Waals surface area contributed by atoms with E-state index in [-0.39, 0.29) is 11.3 Å². The summed E-state index contributed by atoms with van der Waals surface area (Å²) in [4.78, 5) is 0. The molecule has 2 nitrogen and oxygen atoms in total. The standard InChI is InChI=1S/C22H29F13O2Si3/c1-15(23)17(24,25)18(26,27)19(28,29)20(30,31)21(32,33)22(34,35)40(36-38(2,3)4,37-39(5,6)7)14-13-16-11-9-8-10-12-16/h8-15H,1-7H3. The van der Waals surface area contributed by atoms with Gasteiger partial charge in [-0.25, -0.2) is 4.39 Å². The largest absolute Gasteiger partial charge is 0.430 e. The smallest absolute Gasteiger partial charge is 0.428 e. The van der Waals surface area contributed by atoms with E-state index in [2.05, 4.69) is 0 Å². The number of alkyl halides is 13. The van der Waals surface area contributed by atoms with Crippen LogP contribution in [0.5, 0.6) is 0 Å². The van der Waals surface area contributed by atoms with Gasteiger partial charge in [0, 0.05) is 0 Å². The van der Waals surface area contributed by atoms with Crippen LogP contribution in [-0.2, 0) is 8.23 Å². The molecule has 40 heavy (non-hydrogen) atoms. The third kappa shape index (κ3) is 6.49. The fourth-order valence-electron chi connectivity index (χ4n) is 3.27. The van der Waals surface area contributed by atoms with E-state index in [1.807, 2.05) is 0 Å². The summed E-state index contributed by atoms with van der Waals surface area (Å²) in [7, 11) is -13.5. The molecule has 0 saturated heterocycles. The lowest BCUT2D eigenvalue weighted by Crippen LogP contribution is -2.78. The monoisotopic (exact) mass is 656 g/mol. The summed E-state index contributed by atoms with van der Waals surface area (Å²) in [5, 5.41) is 0. The number of rotatable bonds is 13. The molecule has 1 rings (SSSR count). The highest BCUT2D eigenvalue weighted by Gasteiger charge is 2.93. The van der Waals surface area contributed by atoms with Crippen LogP contribution in [-0.4, -0.2) is 66.5 Å². The van der Waals surface area contributed by atoms with E-state index in [9.17, 15) is 39.5 Å². The van der Waals surface area contributed by atoms with Crippen LogP contribution in [0.4, 0.5) is 57.1 Å². The van der Waals surface area contributed by atoms with Gasteiger partial charge in [0.1, 0.15) is 0 Å². The summed E-state index contributed by atoms with van der Waals surface area (Å²) in [6.07, 6.45) is -3.54. The summed E-state index contributed by atoms with van der Waals surface area (Å²) in [6.45, 7) is 6.47. The zero-order valence-electron chi connectivity index (χ0n) is 22.3. The van der Waals surface area contributed by atoms with Gasteiger partial charge in [-0.2, -0.15) is 52.7 Å². The Morgan fingerprint density at radius 1 is 0.625 bits per heavy atom. The van der Waals surface area contributed by atoms with Crippen molar-refractivity contribution in [3.05, 3.63) is 41.6 Å². The van der Waals surface area contributed by atoms with E-state index in [0.717, 1.165) is 45.4 Å². The first-order chi connectivity index (χ1) is 17.4. The highest BCUT2D eigenvalue weighted by Crippen LogP contribution is 2.62.